The number of carbonyl (C=O) groups is 2. The van der Waals surface area contributed by atoms with E-state index in [1.165, 1.54) is 6.92 Å². The lowest BCUT2D eigenvalue weighted by atomic mass is 9.77. The summed E-state index contributed by atoms with van der Waals surface area (Å²) in [4.78, 5) is 25.7. The number of hydrogen-bond acceptors (Lipinski definition) is 4. The highest BCUT2D eigenvalue weighted by atomic mass is 16.3. The molecule has 1 aromatic carbocycles. The van der Waals surface area contributed by atoms with Crippen molar-refractivity contribution in [1.82, 2.24) is 10.2 Å². The number of aryl methyl sites for hydroxylation is 1. The third kappa shape index (κ3) is 3.24. The van der Waals surface area contributed by atoms with E-state index in [0.29, 0.717) is 31.5 Å². The number of likely N-dealkylation sites (tertiary alicyclic amines) is 1. The fourth-order valence-electron chi connectivity index (χ4n) is 4.01. The summed E-state index contributed by atoms with van der Waals surface area (Å²) in [5, 5.41) is 23.1. The van der Waals surface area contributed by atoms with Gasteiger partial charge in [-0.05, 0) is 49.3 Å². The summed E-state index contributed by atoms with van der Waals surface area (Å²) in [6, 6.07) is 4.82. The van der Waals surface area contributed by atoms with Gasteiger partial charge in [-0.1, -0.05) is 6.07 Å². The van der Waals surface area contributed by atoms with Crippen LogP contribution in [0.3, 0.4) is 0 Å². The summed E-state index contributed by atoms with van der Waals surface area (Å²) in [6.45, 7) is 4.49. The van der Waals surface area contributed by atoms with Crippen LogP contribution in [0.4, 0.5) is 0 Å². The van der Waals surface area contributed by atoms with Gasteiger partial charge in [0.25, 0.3) is 5.91 Å². The highest BCUT2D eigenvalue weighted by Gasteiger charge is 2.43. The Hall–Kier alpha value is -2.08. The van der Waals surface area contributed by atoms with Crippen molar-refractivity contribution in [1.29, 1.82) is 0 Å². The van der Waals surface area contributed by atoms with Crippen LogP contribution in [0.1, 0.15) is 35.7 Å². The first kappa shape index (κ1) is 16.8. The van der Waals surface area contributed by atoms with Gasteiger partial charge in [0.1, 0.15) is 5.75 Å². The largest absolute Gasteiger partial charge is 0.507 e. The highest BCUT2D eigenvalue weighted by Crippen LogP contribution is 2.37. The van der Waals surface area contributed by atoms with Crippen LogP contribution < -0.4 is 5.32 Å². The number of benzene rings is 1. The highest BCUT2D eigenvalue weighted by molar-refractivity contribution is 5.97. The quantitative estimate of drug-likeness (QED) is 0.755. The molecule has 130 valence electrons. The molecule has 0 spiro atoms. The number of aromatic hydroxyl groups is 1. The number of aliphatic hydroxyl groups is 1. The molecule has 2 aliphatic rings. The molecular formula is C18H24N2O4. The summed E-state index contributed by atoms with van der Waals surface area (Å²) in [5.41, 5.74) is 1.22. The minimum atomic E-state index is -0.571. The molecular weight excluding hydrogens is 308 g/mol. The lowest BCUT2D eigenvalue weighted by Gasteiger charge is -2.35. The molecule has 1 aliphatic carbocycles. The van der Waals surface area contributed by atoms with Crippen LogP contribution >= 0.6 is 0 Å². The summed E-state index contributed by atoms with van der Waals surface area (Å²) >= 11 is 0. The number of aliphatic hydroxyl groups excluding tert-OH is 1. The molecule has 0 aromatic heterocycles. The SMILES string of the molecule is CC(=O)N[C@@H]1C[C@@H]2CN(C(=O)c3ccc(C)cc3O)C[C@@H]2C[C@H]1O. The zero-order chi connectivity index (χ0) is 17.4. The zero-order valence-corrected chi connectivity index (χ0v) is 14.0. The predicted octanol–water partition coefficient (Wildman–Crippen LogP) is 1.05. The third-order valence-corrected chi connectivity index (χ3v) is 5.20. The van der Waals surface area contributed by atoms with Gasteiger partial charge in [-0.3, -0.25) is 9.59 Å². The molecule has 6 nitrogen and oxygen atoms in total. The predicted molar refractivity (Wildman–Crippen MR) is 88.6 cm³/mol. The van der Waals surface area contributed by atoms with Crippen molar-refractivity contribution in [3.8, 4) is 5.75 Å². The van der Waals surface area contributed by atoms with E-state index in [-0.39, 0.29) is 35.4 Å². The Morgan fingerprint density at radius 1 is 1.21 bits per heavy atom. The number of rotatable bonds is 2. The van der Waals surface area contributed by atoms with Gasteiger partial charge in [0, 0.05) is 20.0 Å². The van der Waals surface area contributed by atoms with Gasteiger partial charge in [0.15, 0.2) is 0 Å². The molecule has 1 aromatic rings. The van der Waals surface area contributed by atoms with E-state index in [1.54, 1.807) is 17.0 Å². The number of phenolic OH excluding ortho intramolecular Hbond substituents is 1. The first-order chi connectivity index (χ1) is 11.3. The van der Waals surface area contributed by atoms with Crippen molar-refractivity contribution in [2.75, 3.05) is 13.1 Å². The fourth-order valence-corrected chi connectivity index (χ4v) is 4.01. The van der Waals surface area contributed by atoms with Crippen molar-refractivity contribution < 1.29 is 19.8 Å². The van der Waals surface area contributed by atoms with Crippen molar-refractivity contribution in [3.05, 3.63) is 29.3 Å². The molecule has 24 heavy (non-hydrogen) atoms. The summed E-state index contributed by atoms with van der Waals surface area (Å²) in [7, 11) is 0. The second-order valence-electron chi connectivity index (χ2n) is 7.10. The van der Waals surface area contributed by atoms with E-state index in [9.17, 15) is 19.8 Å². The van der Waals surface area contributed by atoms with E-state index in [1.807, 2.05) is 13.0 Å². The van der Waals surface area contributed by atoms with Crippen molar-refractivity contribution in [2.45, 2.75) is 38.8 Å². The summed E-state index contributed by atoms with van der Waals surface area (Å²) < 4.78 is 0. The number of amides is 2. The topological polar surface area (TPSA) is 89.9 Å². The van der Waals surface area contributed by atoms with Crippen LogP contribution in [0.25, 0.3) is 0 Å². The maximum atomic E-state index is 12.7. The van der Waals surface area contributed by atoms with Gasteiger partial charge in [-0.25, -0.2) is 0 Å². The molecule has 3 N–H and O–H groups in total. The molecule has 4 atom stereocenters. The smallest absolute Gasteiger partial charge is 0.257 e. The summed E-state index contributed by atoms with van der Waals surface area (Å²) in [6.07, 6.45) is 0.687. The van der Waals surface area contributed by atoms with E-state index >= 15 is 0 Å². The standard InChI is InChI=1S/C18H24N2O4/c1-10-3-4-14(16(22)5-10)18(24)20-8-12-6-15(19-11(2)21)17(23)7-13(12)9-20/h3-5,12-13,15,17,22-23H,6-9H2,1-2H3,(H,19,21)/t12-,13+,15-,17-/m1/s1. The number of nitrogens with one attached hydrogen (secondary N) is 1. The zero-order valence-electron chi connectivity index (χ0n) is 14.0. The monoisotopic (exact) mass is 332 g/mol. The molecule has 1 heterocycles. The Balaban J connectivity index is 1.70. The minimum Gasteiger partial charge on any atom is -0.507 e. The Bertz CT molecular complexity index is 660. The van der Waals surface area contributed by atoms with Crippen molar-refractivity contribution >= 4 is 11.8 Å². The lowest BCUT2D eigenvalue weighted by Crippen LogP contribution is -2.48. The van der Waals surface area contributed by atoms with Crippen LogP contribution in [-0.4, -0.2) is 52.2 Å². The van der Waals surface area contributed by atoms with Crippen LogP contribution in [0.2, 0.25) is 0 Å². The van der Waals surface area contributed by atoms with E-state index in [2.05, 4.69) is 5.32 Å². The Morgan fingerprint density at radius 3 is 2.50 bits per heavy atom. The second kappa shape index (κ2) is 6.43. The van der Waals surface area contributed by atoms with Gasteiger partial charge in [0.2, 0.25) is 5.91 Å². The normalized spacial score (nSPS) is 29.2. The van der Waals surface area contributed by atoms with E-state index in [0.717, 1.165) is 5.56 Å². The molecule has 1 aliphatic heterocycles. The fraction of sp³-hybridized carbons (Fsp3) is 0.556. The van der Waals surface area contributed by atoms with E-state index in [4.69, 9.17) is 0 Å². The second-order valence-corrected chi connectivity index (χ2v) is 7.10. The lowest BCUT2D eigenvalue weighted by molar-refractivity contribution is -0.121. The van der Waals surface area contributed by atoms with Crippen LogP contribution in [0, 0.1) is 18.8 Å². The van der Waals surface area contributed by atoms with E-state index < -0.39 is 6.10 Å². The average Bonchev–Trinajstić information content (AvgIpc) is 2.89. The minimum absolute atomic E-state index is 0.00558. The maximum Gasteiger partial charge on any atom is 0.257 e. The van der Waals surface area contributed by atoms with Gasteiger partial charge >= 0.3 is 0 Å². The molecule has 3 rings (SSSR count). The number of fused-ring (bicyclic) bond motifs is 1. The Kier molecular flexibility index (Phi) is 4.49. The van der Waals surface area contributed by atoms with Crippen LogP contribution in [0.5, 0.6) is 5.75 Å². The summed E-state index contributed by atoms with van der Waals surface area (Å²) in [5.74, 6) is 0.190. The van der Waals surface area contributed by atoms with Gasteiger partial charge < -0.3 is 20.4 Å². The number of carbonyl (C=O) groups excluding carboxylic acids is 2. The number of nitrogens with zero attached hydrogens (tertiary/aromatic N) is 1. The third-order valence-electron chi connectivity index (χ3n) is 5.20. The first-order valence-electron chi connectivity index (χ1n) is 8.39. The van der Waals surface area contributed by atoms with Crippen molar-refractivity contribution in [2.24, 2.45) is 11.8 Å². The molecule has 1 saturated heterocycles. The first-order valence-corrected chi connectivity index (χ1v) is 8.39. The van der Waals surface area contributed by atoms with Gasteiger partial charge in [-0.2, -0.15) is 0 Å². The molecule has 0 bridgehead atoms. The van der Waals surface area contributed by atoms with Gasteiger partial charge in [-0.15, -0.1) is 0 Å². The average molecular weight is 332 g/mol. The maximum absolute atomic E-state index is 12.7. The molecule has 1 saturated carbocycles. The Labute approximate surface area is 141 Å². The van der Waals surface area contributed by atoms with Crippen LogP contribution in [-0.2, 0) is 4.79 Å². The molecule has 0 unspecified atom stereocenters. The Morgan fingerprint density at radius 2 is 1.88 bits per heavy atom. The number of hydrogen-bond donors (Lipinski definition) is 3. The van der Waals surface area contributed by atoms with Gasteiger partial charge in [0.05, 0.1) is 17.7 Å². The molecule has 6 heteroatoms. The number of phenols is 1. The molecule has 2 fully saturated rings. The van der Waals surface area contributed by atoms with Crippen molar-refractivity contribution in [3.63, 3.8) is 0 Å². The molecule has 0 radical (unpaired) electrons. The molecule has 2 amide bonds. The van der Waals surface area contributed by atoms with Crippen LogP contribution in [0.15, 0.2) is 18.2 Å².